The van der Waals surface area contributed by atoms with Crippen molar-refractivity contribution in [3.8, 4) is 0 Å². The van der Waals surface area contributed by atoms with Gasteiger partial charge < -0.3 is 31.7 Å². The minimum atomic E-state index is -0.803. The van der Waals surface area contributed by atoms with Crippen molar-refractivity contribution in [2.45, 2.75) is 44.2 Å². The lowest BCUT2D eigenvalue weighted by atomic mass is 9.87. The van der Waals surface area contributed by atoms with Crippen molar-refractivity contribution >= 4 is 23.6 Å². The van der Waals surface area contributed by atoms with Crippen molar-refractivity contribution in [2.75, 3.05) is 26.9 Å². The highest BCUT2D eigenvalue weighted by molar-refractivity contribution is 5.91. The summed E-state index contributed by atoms with van der Waals surface area (Å²) in [5.74, 6) is -1.53. The molecule has 176 valence electrons. The van der Waals surface area contributed by atoms with E-state index >= 15 is 0 Å². The molecule has 1 saturated carbocycles. The summed E-state index contributed by atoms with van der Waals surface area (Å²) in [5.41, 5.74) is 6.21. The molecular weight excluding hydrogens is 414 g/mol. The normalized spacial score (nSPS) is 18.9. The molecule has 0 heterocycles. The molecular formula is C22H33N5O5. The van der Waals surface area contributed by atoms with Crippen molar-refractivity contribution < 1.29 is 23.9 Å². The van der Waals surface area contributed by atoms with E-state index in [-0.39, 0.29) is 43.7 Å². The van der Waals surface area contributed by atoms with Crippen LogP contribution in [0.15, 0.2) is 30.3 Å². The van der Waals surface area contributed by atoms with Crippen molar-refractivity contribution in [2.24, 2.45) is 11.7 Å². The summed E-state index contributed by atoms with van der Waals surface area (Å²) in [7, 11) is 1.64. The third kappa shape index (κ3) is 9.03. The molecule has 1 aliphatic rings. The number of likely N-dealkylation sites (N-methyl/N-ethyl adjacent to an activating group) is 1. The number of hydrogen-bond acceptors (Lipinski definition) is 6. The average molecular weight is 448 g/mol. The largest absolute Gasteiger partial charge is 0.369 e. The summed E-state index contributed by atoms with van der Waals surface area (Å²) in [6.45, 7) is -0.130. The predicted molar refractivity (Wildman–Crippen MR) is 118 cm³/mol. The lowest BCUT2D eigenvalue weighted by Gasteiger charge is -2.26. The van der Waals surface area contributed by atoms with E-state index in [4.69, 9.17) is 10.5 Å². The van der Waals surface area contributed by atoms with E-state index in [1.54, 1.807) is 7.05 Å². The summed E-state index contributed by atoms with van der Waals surface area (Å²) in [4.78, 5) is 47.8. The number of benzene rings is 1. The van der Waals surface area contributed by atoms with Crippen LogP contribution in [0.5, 0.6) is 0 Å². The summed E-state index contributed by atoms with van der Waals surface area (Å²) in [5, 5.41) is 10.6. The summed E-state index contributed by atoms with van der Waals surface area (Å²) in [6.07, 6.45) is 3.08. The first kappa shape index (κ1) is 25.3. The van der Waals surface area contributed by atoms with Gasteiger partial charge in [0, 0.05) is 12.3 Å². The topological polar surface area (TPSA) is 152 Å². The van der Waals surface area contributed by atoms with Gasteiger partial charge >= 0.3 is 0 Å². The van der Waals surface area contributed by atoms with Gasteiger partial charge in [-0.1, -0.05) is 30.3 Å². The molecule has 1 aromatic carbocycles. The molecule has 1 unspecified atom stereocenters. The molecule has 32 heavy (non-hydrogen) atoms. The Kier molecular flexibility index (Phi) is 10.6. The first-order valence-corrected chi connectivity index (χ1v) is 10.8. The summed E-state index contributed by atoms with van der Waals surface area (Å²) >= 11 is 0. The van der Waals surface area contributed by atoms with E-state index in [1.165, 1.54) is 0 Å². The molecule has 10 nitrogen and oxygen atoms in total. The van der Waals surface area contributed by atoms with E-state index in [0.717, 1.165) is 5.56 Å². The van der Waals surface area contributed by atoms with Crippen molar-refractivity contribution in [1.82, 2.24) is 21.3 Å². The molecule has 6 N–H and O–H groups in total. The molecule has 4 amide bonds. The average Bonchev–Trinajstić information content (AvgIpc) is 2.78. The number of nitrogens with two attached hydrogens (primary N) is 1. The maximum atomic E-state index is 12.6. The molecule has 0 aliphatic heterocycles. The van der Waals surface area contributed by atoms with Crippen molar-refractivity contribution in [1.29, 1.82) is 0 Å². The van der Waals surface area contributed by atoms with Crippen LogP contribution in [-0.4, -0.2) is 62.6 Å². The number of amides is 4. The van der Waals surface area contributed by atoms with Gasteiger partial charge in [0.1, 0.15) is 12.8 Å². The van der Waals surface area contributed by atoms with Crippen LogP contribution >= 0.6 is 0 Å². The second-order valence-electron chi connectivity index (χ2n) is 7.84. The molecule has 0 spiro atoms. The van der Waals surface area contributed by atoms with Crippen LogP contribution in [-0.2, 0) is 30.3 Å². The molecule has 1 aromatic rings. The number of hydrogen-bond donors (Lipinski definition) is 5. The first-order chi connectivity index (χ1) is 15.4. The Balaban J connectivity index is 1.74. The molecule has 0 radical (unpaired) electrons. The standard InChI is InChI=1S/C22H33N5O5/c1-24-12-20(29)27-18(11-15-5-3-2-4-6-15)22(31)25-13-19(28)26-14-32-17-9-7-16(8-10-17)21(23)30/h2-6,16-18,24H,7-14H2,1H3,(H2,23,30)(H,25,31)(H,26,28)(H,27,29). The van der Waals surface area contributed by atoms with Gasteiger partial charge in [-0.05, 0) is 38.3 Å². The smallest absolute Gasteiger partial charge is 0.243 e. The second-order valence-corrected chi connectivity index (χ2v) is 7.84. The fourth-order valence-corrected chi connectivity index (χ4v) is 3.57. The van der Waals surface area contributed by atoms with Crippen LogP contribution in [0.2, 0.25) is 0 Å². The summed E-state index contributed by atoms with van der Waals surface area (Å²) in [6, 6.07) is 8.51. The van der Waals surface area contributed by atoms with Crippen LogP contribution < -0.4 is 27.0 Å². The zero-order chi connectivity index (χ0) is 23.3. The molecule has 1 aliphatic carbocycles. The quantitative estimate of drug-likeness (QED) is 0.264. The number of rotatable bonds is 12. The third-order valence-corrected chi connectivity index (χ3v) is 5.36. The molecule has 1 fully saturated rings. The van der Waals surface area contributed by atoms with E-state index in [1.807, 2.05) is 30.3 Å². The fourth-order valence-electron chi connectivity index (χ4n) is 3.57. The lowest BCUT2D eigenvalue weighted by molar-refractivity contribution is -0.130. The van der Waals surface area contributed by atoms with Gasteiger partial charge in [-0.25, -0.2) is 0 Å². The van der Waals surface area contributed by atoms with E-state index in [0.29, 0.717) is 32.1 Å². The van der Waals surface area contributed by atoms with Crippen LogP contribution in [0.1, 0.15) is 31.2 Å². The highest BCUT2D eigenvalue weighted by Gasteiger charge is 2.25. The number of carbonyl (C=O) groups excluding carboxylic acids is 4. The van der Waals surface area contributed by atoms with Crippen LogP contribution in [0.25, 0.3) is 0 Å². The van der Waals surface area contributed by atoms with Gasteiger partial charge in [0.05, 0.1) is 19.2 Å². The first-order valence-electron chi connectivity index (χ1n) is 10.8. The highest BCUT2D eigenvalue weighted by atomic mass is 16.5. The molecule has 0 aromatic heterocycles. The van der Waals surface area contributed by atoms with Gasteiger partial charge in [-0.3, -0.25) is 19.2 Å². The molecule has 10 heteroatoms. The zero-order valence-electron chi connectivity index (χ0n) is 18.4. The Morgan fingerprint density at radius 2 is 1.69 bits per heavy atom. The van der Waals surface area contributed by atoms with Crippen LogP contribution in [0.3, 0.4) is 0 Å². The van der Waals surface area contributed by atoms with Gasteiger partial charge in [0.15, 0.2) is 0 Å². The van der Waals surface area contributed by atoms with Gasteiger partial charge in [0.2, 0.25) is 23.6 Å². The monoisotopic (exact) mass is 447 g/mol. The Labute approximate surface area is 188 Å². The van der Waals surface area contributed by atoms with Gasteiger partial charge in [-0.15, -0.1) is 0 Å². The SMILES string of the molecule is CNCC(=O)NC(Cc1ccccc1)C(=O)NCC(=O)NCOC1CCC(C(N)=O)CC1. The Morgan fingerprint density at radius 3 is 2.31 bits per heavy atom. The maximum Gasteiger partial charge on any atom is 0.243 e. The number of carbonyl (C=O) groups is 4. The van der Waals surface area contributed by atoms with Gasteiger partial charge in [0.25, 0.3) is 0 Å². The lowest BCUT2D eigenvalue weighted by Crippen LogP contribution is -2.51. The molecule has 0 bridgehead atoms. The zero-order valence-corrected chi connectivity index (χ0v) is 18.4. The van der Waals surface area contributed by atoms with Crippen LogP contribution in [0, 0.1) is 5.92 Å². The maximum absolute atomic E-state index is 12.6. The molecule has 1 atom stereocenters. The number of nitrogens with one attached hydrogen (secondary N) is 4. The molecule has 2 rings (SSSR count). The Hall–Kier alpha value is -2.98. The fraction of sp³-hybridized carbons (Fsp3) is 0.545. The number of ether oxygens (including phenoxy) is 1. The number of primary amides is 1. The Morgan fingerprint density at radius 1 is 1.00 bits per heavy atom. The van der Waals surface area contributed by atoms with Crippen molar-refractivity contribution in [3.63, 3.8) is 0 Å². The Bertz CT molecular complexity index is 765. The van der Waals surface area contributed by atoms with E-state index in [2.05, 4.69) is 21.3 Å². The predicted octanol–water partition coefficient (Wildman–Crippen LogP) is -0.816. The van der Waals surface area contributed by atoms with Crippen molar-refractivity contribution in [3.05, 3.63) is 35.9 Å². The molecule has 0 saturated heterocycles. The van der Waals surface area contributed by atoms with E-state index < -0.39 is 17.9 Å². The highest BCUT2D eigenvalue weighted by Crippen LogP contribution is 2.25. The van der Waals surface area contributed by atoms with Crippen LogP contribution in [0.4, 0.5) is 0 Å². The van der Waals surface area contributed by atoms with Gasteiger partial charge in [-0.2, -0.15) is 0 Å². The minimum absolute atomic E-state index is 0.0208. The minimum Gasteiger partial charge on any atom is -0.369 e. The summed E-state index contributed by atoms with van der Waals surface area (Å²) < 4.78 is 5.63. The third-order valence-electron chi connectivity index (χ3n) is 5.36. The van der Waals surface area contributed by atoms with E-state index in [9.17, 15) is 19.2 Å². The second kappa shape index (κ2) is 13.4.